The molecule has 0 bridgehead atoms. The van der Waals surface area contributed by atoms with Crippen molar-refractivity contribution >= 4 is 28.3 Å². The molecule has 3 N–H and O–H groups in total. The third kappa shape index (κ3) is 2.85. The lowest BCUT2D eigenvalue weighted by atomic mass is 10.1. The fourth-order valence-corrected chi connectivity index (χ4v) is 2.38. The van der Waals surface area contributed by atoms with Gasteiger partial charge in [0, 0.05) is 16.6 Å². The van der Waals surface area contributed by atoms with Crippen LogP contribution >= 0.6 is 0 Å². The Hall–Kier alpha value is -3.34. The van der Waals surface area contributed by atoms with Crippen molar-refractivity contribution in [3.63, 3.8) is 0 Å². The first-order chi connectivity index (χ1) is 11.1. The molecule has 5 heteroatoms. The molecule has 5 nitrogen and oxygen atoms in total. The van der Waals surface area contributed by atoms with Crippen LogP contribution in [0.15, 0.2) is 60.7 Å². The number of hydrogen-bond donors (Lipinski definition) is 3. The summed E-state index contributed by atoms with van der Waals surface area (Å²) in [5, 5.41) is 23.2. The lowest BCUT2D eigenvalue weighted by Gasteiger charge is -2.09. The van der Waals surface area contributed by atoms with Crippen molar-refractivity contribution in [1.29, 1.82) is 0 Å². The summed E-state index contributed by atoms with van der Waals surface area (Å²) in [4.78, 5) is 23.4. The van der Waals surface area contributed by atoms with Gasteiger partial charge in [0.15, 0.2) is 0 Å². The number of carbonyl (C=O) groups is 2. The Kier molecular flexibility index (Phi) is 3.68. The molecular weight excluding hydrogens is 294 g/mol. The highest BCUT2D eigenvalue weighted by molar-refractivity contribution is 6.10. The van der Waals surface area contributed by atoms with Gasteiger partial charge in [0.2, 0.25) is 0 Å². The van der Waals surface area contributed by atoms with Gasteiger partial charge in [0.1, 0.15) is 11.3 Å². The molecule has 0 spiro atoms. The number of anilines is 1. The number of rotatable bonds is 3. The maximum absolute atomic E-state index is 12.4. The highest BCUT2D eigenvalue weighted by atomic mass is 16.4. The minimum atomic E-state index is -1.29. The van der Waals surface area contributed by atoms with Crippen LogP contribution in [0.3, 0.4) is 0 Å². The van der Waals surface area contributed by atoms with Crippen LogP contribution < -0.4 is 5.32 Å². The van der Waals surface area contributed by atoms with Crippen LogP contribution in [0, 0.1) is 0 Å². The second-order valence-electron chi connectivity index (χ2n) is 5.02. The quantitative estimate of drug-likeness (QED) is 0.691. The zero-order valence-corrected chi connectivity index (χ0v) is 12.0. The molecule has 0 unspecified atom stereocenters. The first kappa shape index (κ1) is 14.6. The predicted octanol–water partition coefficient (Wildman–Crippen LogP) is 3.50. The molecule has 3 rings (SSSR count). The Labute approximate surface area is 131 Å². The summed E-state index contributed by atoms with van der Waals surface area (Å²) in [5.74, 6) is -2.11. The Morgan fingerprint density at radius 1 is 0.913 bits per heavy atom. The van der Waals surface area contributed by atoms with Crippen LogP contribution in [0.4, 0.5) is 5.69 Å². The van der Waals surface area contributed by atoms with E-state index >= 15 is 0 Å². The highest BCUT2D eigenvalue weighted by Crippen LogP contribution is 2.24. The summed E-state index contributed by atoms with van der Waals surface area (Å²) in [7, 11) is 0. The van der Waals surface area contributed by atoms with Gasteiger partial charge in [-0.25, -0.2) is 4.79 Å². The minimum Gasteiger partial charge on any atom is -0.507 e. The van der Waals surface area contributed by atoms with Gasteiger partial charge < -0.3 is 15.5 Å². The van der Waals surface area contributed by atoms with Crippen LogP contribution in [0.2, 0.25) is 0 Å². The van der Waals surface area contributed by atoms with E-state index in [-0.39, 0.29) is 16.9 Å². The average molecular weight is 307 g/mol. The number of carbonyl (C=O) groups excluding carboxylic acids is 1. The van der Waals surface area contributed by atoms with Crippen molar-refractivity contribution in [2.24, 2.45) is 0 Å². The predicted molar refractivity (Wildman–Crippen MR) is 87.0 cm³/mol. The fourth-order valence-electron chi connectivity index (χ4n) is 2.38. The normalized spacial score (nSPS) is 10.4. The van der Waals surface area contributed by atoms with E-state index in [4.69, 9.17) is 5.11 Å². The Bertz CT molecular complexity index is 913. The maximum atomic E-state index is 12.4. The molecule has 3 aromatic rings. The molecular formula is C18H13NO4. The van der Waals surface area contributed by atoms with Crippen molar-refractivity contribution in [2.45, 2.75) is 0 Å². The van der Waals surface area contributed by atoms with E-state index in [9.17, 15) is 14.7 Å². The second-order valence-corrected chi connectivity index (χ2v) is 5.02. The van der Waals surface area contributed by atoms with Crippen LogP contribution in [-0.2, 0) is 0 Å². The van der Waals surface area contributed by atoms with Gasteiger partial charge in [0.25, 0.3) is 5.91 Å². The zero-order chi connectivity index (χ0) is 16.4. The van der Waals surface area contributed by atoms with E-state index in [2.05, 4.69) is 5.32 Å². The van der Waals surface area contributed by atoms with Crippen LogP contribution in [0.25, 0.3) is 10.8 Å². The first-order valence-corrected chi connectivity index (χ1v) is 6.91. The number of amides is 1. The fraction of sp³-hybridized carbons (Fsp3) is 0. The van der Waals surface area contributed by atoms with Crippen molar-refractivity contribution < 1.29 is 19.8 Å². The van der Waals surface area contributed by atoms with Gasteiger partial charge in [-0.3, -0.25) is 4.79 Å². The molecule has 3 aromatic carbocycles. The van der Waals surface area contributed by atoms with Crippen molar-refractivity contribution in [3.05, 3.63) is 71.8 Å². The summed E-state index contributed by atoms with van der Waals surface area (Å²) in [6.45, 7) is 0. The highest BCUT2D eigenvalue weighted by Gasteiger charge is 2.14. The minimum absolute atomic E-state index is 0.160. The SMILES string of the molecule is O=C(Nc1cccc2ccccc12)c1ccc(O)c(C(=O)O)c1. The average Bonchev–Trinajstić information content (AvgIpc) is 2.55. The molecule has 0 saturated heterocycles. The zero-order valence-electron chi connectivity index (χ0n) is 12.0. The van der Waals surface area contributed by atoms with Gasteiger partial charge in [-0.2, -0.15) is 0 Å². The van der Waals surface area contributed by atoms with Crippen LogP contribution in [-0.4, -0.2) is 22.1 Å². The van der Waals surface area contributed by atoms with E-state index < -0.39 is 11.9 Å². The number of fused-ring (bicyclic) bond motifs is 1. The molecule has 0 aromatic heterocycles. The summed E-state index contributed by atoms with van der Waals surface area (Å²) < 4.78 is 0. The largest absolute Gasteiger partial charge is 0.507 e. The van der Waals surface area contributed by atoms with E-state index in [1.807, 2.05) is 36.4 Å². The standard InChI is InChI=1S/C18H13NO4/c20-16-9-8-12(10-14(16)18(22)23)17(21)19-15-7-3-5-11-4-1-2-6-13(11)15/h1-10,20H,(H,19,21)(H,22,23). The molecule has 0 atom stereocenters. The van der Waals surface area contributed by atoms with Gasteiger partial charge >= 0.3 is 5.97 Å². The molecule has 1 amide bonds. The third-order valence-electron chi connectivity index (χ3n) is 3.53. The number of aromatic carboxylic acids is 1. The molecule has 0 radical (unpaired) electrons. The Morgan fingerprint density at radius 3 is 2.43 bits per heavy atom. The molecule has 0 aliphatic heterocycles. The van der Waals surface area contributed by atoms with Crippen LogP contribution in [0.5, 0.6) is 5.75 Å². The summed E-state index contributed by atoms with van der Waals surface area (Å²) >= 11 is 0. The van der Waals surface area contributed by atoms with E-state index in [0.717, 1.165) is 16.8 Å². The first-order valence-electron chi connectivity index (χ1n) is 6.91. The van der Waals surface area contributed by atoms with Gasteiger partial charge in [-0.05, 0) is 29.7 Å². The number of benzene rings is 3. The molecule has 0 aliphatic carbocycles. The summed E-state index contributed by atoms with van der Waals surface area (Å²) in [6, 6.07) is 16.9. The van der Waals surface area contributed by atoms with Crippen molar-refractivity contribution in [3.8, 4) is 5.75 Å². The number of aromatic hydroxyl groups is 1. The van der Waals surface area contributed by atoms with Gasteiger partial charge in [0.05, 0.1) is 0 Å². The molecule has 0 fully saturated rings. The number of hydrogen-bond acceptors (Lipinski definition) is 3. The van der Waals surface area contributed by atoms with Gasteiger partial charge in [-0.15, -0.1) is 0 Å². The van der Waals surface area contributed by atoms with Crippen LogP contribution in [0.1, 0.15) is 20.7 Å². The topological polar surface area (TPSA) is 86.6 Å². The van der Waals surface area contributed by atoms with Crippen molar-refractivity contribution in [1.82, 2.24) is 0 Å². The smallest absolute Gasteiger partial charge is 0.339 e. The summed E-state index contributed by atoms with van der Waals surface area (Å²) in [5.41, 5.74) is 0.488. The number of carboxylic acid groups (broad SMARTS) is 1. The molecule has 23 heavy (non-hydrogen) atoms. The second kappa shape index (κ2) is 5.81. The van der Waals surface area contributed by atoms with Gasteiger partial charge in [-0.1, -0.05) is 36.4 Å². The molecule has 0 heterocycles. The van der Waals surface area contributed by atoms with E-state index in [0.29, 0.717) is 5.69 Å². The molecule has 0 aliphatic rings. The number of phenols is 1. The number of carboxylic acids is 1. The molecule has 0 saturated carbocycles. The van der Waals surface area contributed by atoms with Crippen molar-refractivity contribution in [2.75, 3.05) is 5.32 Å². The lowest BCUT2D eigenvalue weighted by Crippen LogP contribution is -2.13. The molecule has 114 valence electrons. The van der Waals surface area contributed by atoms with E-state index in [1.54, 1.807) is 6.07 Å². The Morgan fingerprint density at radius 2 is 1.65 bits per heavy atom. The number of nitrogens with one attached hydrogen (secondary N) is 1. The van der Waals surface area contributed by atoms with E-state index in [1.165, 1.54) is 12.1 Å². The lowest BCUT2D eigenvalue weighted by molar-refractivity contribution is 0.0693. The maximum Gasteiger partial charge on any atom is 0.339 e. The Balaban J connectivity index is 1.95. The summed E-state index contributed by atoms with van der Waals surface area (Å²) in [6.07, 6.45) is 0. The third-order valence-corrected chi connectivity index (χ3v) is 3.53. The monoisotopic (exact) mass is 307 g/mol.